The van der Waals surface area contributed by atoms with E-state index < -0.39 is 21.8 Å². The van der Waals surface area contributed by atoms with Crippen molar-refractivity contribution in [2.45, 2.75) is 24.0 Å². The molecular weight excluding hydrogens is 465 g/mol. The molecule has 1 N–H and O–H groups in total. The van der Waals surface area contributed by atoms with E-state index in [-0.39, 0.29) is 18.0 Å². The largest absolute Gasteiger partial charge is 0.416 e. The SMILES string of the molecule is O=S(=O)(c1ccc(C(F)(F)F)cc1)N1CCc2c(ccnc2Nc2cnc3ccccc3c2)C1. The highest BCUT2D eigenvalue weighted by molar-refractivity contribution is 7.89. The van der Waals surface area contributed by atoms with Gasteiger partial charge in [0.1, 0.15) is 5.82 Å². The lowest BCUT2D eigenvalue weighted by Gasteiger charge is -2.29. The predicted molar refractivity (Wildman–Crippen MR) is 122 cm³/mol. The molecule has 0 fully saturated rings. The number of sulfonamides is 1. The number of rotatable bonds is 4. The molecule has 0 radical (unpaired) electrons. The van der Waals surface area contributed by atoms with E-state index in [0.29, 0.717) is 12.2 Å². The second kappa shape index (κ2) is 8.37. The minimum Gasteiger partial charge on any atom is -0.339 e. The molecule has 0 bridgehead atoms. The van der Waals surface area contributed by atoms with Gasteiger partial charge in [0, 0.05) is 30.2 Å². The van der Waals surface area contributed by atoms with Gasteiger partial charge in [-0.15, -0.1) is 0 Å². The summed E-state index contributed by atoms with van der Waals surface area (Å²) in [4.78, 5) is 8.70. The number of alkyl halides is 3. The summed E-state index contributed by atoms with van der Waals surface area (Å²) in [5, 5.41) is 4.26. The zero-order valence-electron chi connectivity index (χ0n) is 17.7. The van der Waals surface area contributed by atoms with Crippen molar-refractivity contribution in [2.24, 2.45) is 0 Å². The summed E-state index contributed by atoms with van der Waals surface area (Å²) in [7, 11) is -3.95. The highest BCUT2D eigenvalue weighted by atomic mass is 32.2. The standard InChI is InChI=1S/C24H19F3N4O2S/c25-24(26,27)18-5-7-20(8-6-18)34(32,33)31-12-10-21-17(15-31)9-11-28-23(21)30-19-13-16-3-1-2-4-22(16)29-14-19/h1-9,11,13-14H,10,12,15H2,(H,28,30). The van der Waals surface area contributed by atoms with Gasteiger partial charge in [-0.1, -0.05) is 18.2 Å². The molecule has 0 saturated heterocycles. The predicted octanol–water partition coefficient (Wildman–Crippen LogP) is 5.14. The summed E-state index contributed by atoms with van der Waals surface area (Å²) in [6.45, 7) is 0.290. The zero-order chi connectivity index (χ0) is 23.9. The Morgan fingerprint density at radius 2 is 1.74 bits per heavy atom. The number of anilines is 2. The summed E-state index contributed by atoms with van der Waals surface area (Å²) in [5.74, 6) is 0.626. The summed E-state index contributed by atoms with van der Waals surface area (Å²) in [6, 6.07) is 15.0. The molecule has 2 aromatic heterocycles. The van der Waals surface area contributed by atoms with Crippen LogP contribution in [0.3, 0.4) is 0 Å². The maximum Gasteiger partial charge on any atom is 0.416 e. The van der Waals surface area contributed by atoms with E-state index in [2.05, 4.69) is 15.3 Å². The van der Waals surface area contributed by atoms with Crippen LogP contribution in [-0.4, -0.2) is 29.2 Å². The lowest BCUT2D eigenvalue weighted by Crippen LogP contribution is -2.36. The van der Waals surface area contributed by atoms with E-state index in [1.807, 2.05) is 30.3 Å². The van der Waals surface area contributed by atoms with Gasteiger partial charge in [-0.3, -0.25) is 4.98 Å². The Morgan fingerprint density at radius 1 is 0.971 bits per heavy atom. The van der Waals surface area contributed by atoms with Gasteiger partial charge in [-0.05, 0) is 54.4 Å². The number of nitrogens with zero attached hydrogens (tertiary/aromatic N) is 3. The molecule has 10 heteroatoms. The lowest BCUT2D eigenvalue weighted by atomic mass is 10.0. The first kappa shape index (κ1) is 22.3. The van der Waals surface area contributed by atoms with Crippen molar-refractivity contribution < 1.29 is 21.6 Å². The molecule has 0 amide bonds. The average molecular weight is 485 g/mol. The average Bonchev–Trinajstić information content (AvgIpc) is 2.83. The fraction of sp³-hybridized carbons (Fsp3) is 0.167. The van der Waals surface area contributed by atoms with Crippen molar-refractivity contribution >= 4 is 32.4 Å². The van der Waals surface area contributed by atoms with Gasteiger partial charge in [-0.25, -0.2) is 13.4 Å². The first-order valence-electron chi connectivity index (χ1n) is 10.5. The zero-order valence-corrected chi connectivity index (χ0v) is 18.6. The minimum absolute atomic E-state index is 0.103. The summed E-state index contributed by atoms with van der Waals surface area (Å²) >= 11 is 0. The van der Waals surface area contributed by atoms with Gasteiger partial charge in [0.2, 0.25) is 10.0 Å². The topological polar surface area (TPSA) is 75.2 Å². The molecule has 6 nitrogen and oxygen atoms in total. The second-order valence-electron chi connectivity index (χ2n) is 7.95. The third kappa shape index (κ3) is 4.22. The van der Waals surface area contributed by atoms with Crippen LogP contribution >= 0.6 is 0 Å². The number of aromatic nitrogens is 2. The molecule has 1 aliphatic heterocycles. The molecule has 4 aromatic rings. The molecule has 5 rings (SSSR count). The Bertz CT molecular complexity index is 1470. The number of pyridine rings is 2. The first-order valence-corrected chi connectivity index (χ1v) is 11.9. The third-order valence-electron chi connectivity index (χ3n) is 5.78. The van der Waals surface area contributed by atoms with Crippen LogP contribution < -0.4 is 5.32 Å². The van der Waals surface area contributed by atoms with E-state index in [9.17, 15) is 21.6 Å². The molecule has 0 spiro atoms. The van der Waals surface area contributed by atoms with Gasteiger partial charge < -0.3 is 5.32 Å². The van der Waals surface area contributed by atoms with Gasteiger partial charge in [0.15, 0.2) is 0 Å². The normalized spacial score (nSPS) is 14.7. The molecule has 0 aliphatic carbocycles. The van der Waals surface area contributed by atoms with Crippen molar-refractivity contribution in [3.8, 4) is 0 Å². The van der Waals surface area contributed by atoms with Gasteiger partial charge in [-0.2, -0.15) is 17.5 Å². The van der Waals surface area contributed by atoms with E-state index in [1.54, 1.807) is 18.5 Å². The number of fused-ring (bicyclic) bond motifs is 2. The van der Waals surface area contributed by atoms with Crippen LogP contribution in [-0.2, 0) is 29.2 Å². The van der Waals surface area contributed by atoms with E-state index in [1.165, 1.54) is 4.31 Å². The molecule has 174 valence electrons. The van der Waals surface area contributed by atoms with E-state index in [0.717, 1.165) is 52.0 Å². The van der Waals surface area contributed by atoms with Gasteiger partial charge in [0.05, 0.1) is 27.9 Å². The molecular formula is C24H19F3N4O2S. The number of hydrogen-bond acceptors (Lipinski definition) is 5. The Morgan fingerprint density at radius 3 is 2.50 bits per heavy atom. The number of hydrogen-bond donors (Lipinski definition) is 1. The van der Waals surface area contributed by atoms with Gasteiger partial charge >= 0.3 is 6.18 Å². The Hall–Kier alpha value is -3.50. The molecule has 34 heavy (non-hydrogen) atoms. The fourth-order valence-corrected chi connectivity index (χ4v) is 5.44. The van der Waals surface area contributed by atoms with E-state index in [4.69, 9.17) is 0 Å². The van der Waals surface area contributed by atoms with E-state index >= 15 is 0 Å². The van der Waals surface area contributed by atoms with Crippen molar-refractivity contribution in [3.05, 3.63) is 89.7 Å². The van der Waals surface area contributed by atoms with Crippen molar-refractivity contribution in [2.75, 3.05) is 11.9 Å². The molecule has 1 aliphatic rings. The molecule has 0 atom stereocenters. The third-order valence-corrected chi connectivity index (χ3v) is 7.64. The molecule has 3 heterocycles. The van der Waals surface area contributed by atoms with Crippen molar-refractivity contribution in [1.29, 1.82) is 0 Å². The lowest BCUT2D eigenvalue weighted by molar-refractivity contribution is -0.137. The summed E-state index contributed by atoms with van der Waals surface area (Å²) in [6.07, 6.45) is -0.798. The smallest absolute Gasteiger partial charge is 0.339 e. The monoisotopic (exact) mass is 484 g/mol. The van der Waals surface area contributed by atoms with Crippen LogP contribution in [0.15, 0.2) is 78.0 Å². The maximum atomic E-state index is 13.1. The summed E-state index contributed by atoms with van der Waals surface area (Å²) < 4.78 is 65.9. The van der Waals surface area contributed by atoms with Crippen LogP contribution in [0, 0.1) is 0 Å². The van der Waals surface area contributed by atoms with Crippen LogP contribution in [0.5, 0.6) is 0 Å². The fourth-order valence-electron chi connectivity index (χ4n) is 4.02. The van der Waals surface area contributed by atoms with Gasteiger partial charge in [0.25, 0.3) is 0 Å². The molecule has 2 aromatic carbocycles. The number of nitrogens with one attached hydrogen (secondary N) is 1. The Labute approximate surface area is 194 Å². The van der Waals surface area contributed by atoms with Crippen LogP contribution in [0.2, 0.25) is 0 Å². The quantitative estimate of drug-likeness (QED) is 0.434. The first-order chi connectivity index (χ1) is 16.2. The highest BCUT2D eigenvalue weighted by Gasteiger charge is 2.33. The molecule has 0 unspecified atom stereocenters. The van der Waals surface area contributed by atoms with Crippen molar-refractivity contribution in [1.82, 2.24) is 14.3 Å². The van der Waals surface area contributed by atoms with Crippen molar-refractivity contribution in [3.63, 3.8) is 0 Å². The second-order valence-corrected chi connectivity index (χ2v) is 9.89. The van der Waals surface area contributed by atoms with Crippen LogP contribution in [0.25, 0.3) is 10.9 Å². The van der Waals surface area contributed by atoms with Crippen LogP contribution in [0.4, 0.5) is 24.7 Å². The minimum atomic E-state index is -4.52. The maximum absolute atomic E-state index is 13.1. The van der Waals surface area contributed by atoms with Crippen LogP contribution in [0.1, 0.15) is 16.7 Å². The Balaban J connectivity index is 1.38. The number of para-hydroxylation sites is 1. The highest BCUT2D eigenvalue weighted by Crippen LogP contribution is 2.32. The molecule has 0 saturated carbocycles. The summed E-state index contributed by atoms with van der Waals surface area (Å²) in [5.41, 5.74) is 2.43. The number of benzene rings is 2. The number of halogens is 3. The Kier molecular flexibility index (Phi) is 5.49.